The van der Waals surface area contributed by atoms with Crippen LogP contribution in [0.5, 0.6) is 0 Å². The Hall–Kier alpha value is -1.86. The van der Waals surface area contributed by atoms with Crippen molar-refractivity contribution in [2.75, 3.05) is 13.1 Å². The number of rotatable bonds is 3. The lowest BCUT2D eigenvalue weighted by Crippen LogP contribution is -2.38. The molecule has 1 atom stereocenters. The first-order valence-corrected chi connectivity index (χ1v) is 7.80. The molecule has 0 bridgehead atoms. The highest BCUT2D eigenvalue weighted by Crippen LogP contribution is 2.29. The number of aliphatic carboxylic acids is 1. The van der Waals surface area contributed by atoms with Crippen LogP contribution in [0.25, 0.3) is 0 Å². The molecule has 0 radical (unpaired) electrons. The molecular weight excluding hydrogens is 276 g/mol. The fraction of sp³-hybridized carbons (Fsp3) is 0.556. The molecule has 1 N–H and O–H groups in total. The smallest absolute Gasteiger partial charge is 0.306 e. The van der Waals surface area contributed by atoms with Gasteiger partial charge in [-0.25, -0.2) is 0 Å². The Morgan fingerprint density at radius 1 is 1.27 bits per heavy atom. The zero-order valence-corrected chi connectivity index (χ0v) is 13.5. The number of benzene rings is 1. The number of piperidine rings is 1. The Kier molecular flexibility index (Phi) is 4.87. The SMILES string of the molecule is CC(C)(C)c1ccc(C(C#N)N2CCC(C(=O)O)CC2)cc1. The van der Waals surface area contributed by atoms with Crippen LogP contribution in [0, 0.1) is 17.2 Å². The lowest BCUT2D eigenvalue weighted by atomic mass is 9.86. The molecule has 0 aromatic heterocycles. The van der Waals surface area contributed by atoms with Crippen molar-refractivity contribution in [2.24, 2.45) is 5.92 Å². The summed E-state index contributed by atoms with van der Waals surface area (Å²) in [5, 5.41) is 18.6. The summed E-state index contributed by atoms with van der Waals surface area (Å²) < 4.78 is 0. The molecule has 1 aliphatic rings. The maximum absolute atomic E-state index is 11.0. The maximum Gasteiger partial charge on any atom is 0.306 e. The minimum absolute atomic E-state index is 0.0977. The van der Waals surface area contributed by atoms with E-state index in [1.807, 2.05) is 12.1 Å². The zero-order chi connectivity index (χ0) is 16.3. The third kappa shape index (κ3) is 3.66. The molecule has 4 heteroatoms. The van der Waals surface area contributed by atoms with Crippen molar-refractivity contribution in [3.05, 3.63) is 35.4 Å². The first-order valence-electron chi connectivity index (χ1n) is 7.80. The number of carboxylic acid groups (broad SMARTS) is 1. The number of hydrogen-bond donors (Lipinski definition) is 1. The number of nitrogens with zero attached hydrogens (tertiary/aromatic N) is 2. The third-order valence-corrected chi connectivity index (χ3v) is 4.46. The molecule has 0 saturated carbocycles. The summed E-state index contributed by atoms with van der Waals surface area (Å²) in [4.78, 5) is 13.1. The third-order valence-electron chi connectivity index (χ3n) is 4.46. The van der Waals surface area contributed by atoms with Crippen LogP contribution in [0.1, 0.15) is 50.8 Å². The van der Waals surface area contributed by atoms with Crippen molar-refractivity contribution < 1.29 is 9.90 Å². The summed E-state index contributed by atoms with van der Waals surface area (Å²) in [5.41, 5.74) is 2.34. The van der Waals surface area contributed by atoms with Crippen LogP contribution < -0.4 is 0 Å². The molecule has 2 rings (SSSR count). The van der Waals surface area contributed by atoms with Crippen LogP contribution >= 0.6 is 0 Å². The number of likely N-dealkylation sites (tertiary alicyclic amines) is 1. The Morgan fingerprint density at radius 3 is 2.23 bits per heavy atom. The van der Waals surface area contributed by atoms with Gasteiger partial charge >= 0.3 is 5.97 Å². The van der Waals surface area contributed by atoms with Crippen molar-refractivity contribution >= 4 is 5.97 Å². The van der Waals surface area contributed by atoms with Crippen LogP contribution in [-0.2, 0) is 10.2 Å². The molecule has 1 fully saturated rings. The molecule has 1 aromatic rings. The van der Waals surface area contributed by atoms with Gasteiger partial charge in [-0.3, -0.25) is 9.69 Å². The second-order valence-electron chi connectivity index (χ2n) is 7.05. The van der Waals surface area contributed by atoms with Gasteiger partial charge in [0.2, 0.25) is 0 Å². The monoisotopic (exact) mass is 300 g/mol. The molecule has 1 heterocycles. The average Bonchev–Trinajstić information content (AvgIpc) is 2.48. The van der Waals surface area contributed by atoms with E-state index < -0.39 is 5.97 Å². The Morgan fingerprint density at radius 2 is 1.82 bits per heavy atom. The van der Waals surface area contributed by atoms with Crippen molar-refractivity contribution in [1.82, 2.24) is 4.90 Å². The number of hydrogen-bond acceptors (Lipinski definition) is 3. The van der Waals surface area contributed by atoms with Gasteiger partial charge in [-0.15, -0.1) is 0 Å². The first-order chi connectivity index (χ1) is 10.3. The first kappa shape index (κ1) is 16.5. The Bertz CT molecular complexity index is 558. The van der Waals surface area contributed by atoms with E-state index in [1.165, 1.54) is 5.56 Å². The zero-order valence-electron chi connectivity index (χ0n) is 13.5. The summed E-state index contributed by atoms with van der Waals surface area (Å²) in [5.74, 6) is -0.985. The number of carboxylic acids is 1. The lowest BCUT2D eigenvalue weighted by molar-refractivity contribution is -0.143. The van der Waals surface area contributed by atoms with E-state index in [2.05, 4.69) is 43.9 Å². The molecule has 118 valence electrons. The van der Waals surface area contributed by atoms with Crippen molar-refractivity contribution in [1.29, 1.82) is 5.26 Å². The van der Waals surface area contributed by atoms with Gasteiger partial charge in [-0.05, 0) is 29.4 Å². The molecule has 1 unspecified atom stereocenters. The summed E-state index contributed by atoms with van der Waals surface area (Å²) in [7, 11) is 0. The van der Waals surface area contributed by atoms with Gasteiger partial charge in [0.25, 0.3) is 0 Å². The van der Waals surface area contributed by atoms with E-state index in [9.17, 15) is 10.1 Å². The molecule has 1 aliphatic heterocycles. The van der Waals surface area contributed by atoms with E-state index in [0.717, 1.165) is 5.56 Å². The fourth-order valence-corrected chi connectivity index (χ4v) is 2.94. The van der Waals surface area contributed by atoms with Gasteiger partial charge in [-0.2, -0.15) is 5.26 Å². The predicted molar refractivity (Wildman–Crippen MR) is 85.4 cm³/mol. The largest absolute Gasteiger partial charge is 0.481 e. The van der Waals surface area contributed by atoms with Gasteiger partial charge in [0.05, 0.1) is 12.0 Å². The number of carbonyl (C=O) groups is 1. The maximum atomic E-state index is 11.0. The topological polar surface area (TPSA) is 64.3 Å². The highest BCUT2D eigenvalue weighted by molar-refractivity contribution is 5.70. The minimum atomic E-state index is -0.720. The van der Waals surface area contributed by atoms with E-state index in [0.29, 0.717) is 25.9 Å². The highest BCUT2D eigenvalue weighted by atomic mass is 16.4. The summed E-state index contributed by atoms with van der Waals surface area (Å²) in [6, 6.07) is 10.3. The van der Waals surface area contributed by atoms with Gasteiger partial charge in [0.15, 0.2) is 0 Å². The summed E-state index contributed by atoms with van der Waals surface area (Å²) in [6.45, 7) is 7.83. The van der Waals surface area contributed by atoms with Crippen LogP contribution in [0.15, 0.2) is 24.3 Å². The summed E-state index contributed by atoms with van der Waals surface area (Å²) >= 11 is 0. The van der Waals surface area contributed by atoms with Crippen LogP contribution in [-0.4, -0.2) is 29.1 Å². The van der Waals surface area contributed by atoms with Gasteiger partial charge in [-0.1, -0.05) is 45.0 Å². The van der Waals surface area contributed by atoms with E-state index in [1.54, 1.807) is 0 Å². The lowest BCUT2D eigenvalue weighted by Gasteiger charge is -2.33. The minimum Gasteiger partial charge on any atom is -0.481 e. The Balaban J connectivity index is 2.10. The van der Waals surface area contributed by atoms with Crippen molar-refractivity contribution in [3.8, 4) is 6.07 Å². The van der Waals surface area contributed by atoms with E-state index in [-0.39, 0.29) is 17.4 Å². The Labute approximate surface area is 132 Å². The fourth-order valence-electron chi connectivity index (χ4n) is 2.94. The second kappa shape index (κ2) is 6.50. The molecule has 1 aromatic carbocycles. The number of nitriles is 1. The quantitative estimate of drug-likeness (QED) is 0.929. The average molecular weight is 300 g/mol. The van der Waals surface area contributed by atoms with Gasteiger partial charge < -0.3 is 5.11 Å². The van der Waals surface area contributed by atoms with Crippen molar-refractivity contribution in [3.63, 3.8) is 0 Å². The molecular formula is C18H24N2O2. The molecule has 0 amide bonds. The standard InChI is InChI=1S/C18H24N2O2/c1-18(2,3)15-6-4-13(5-7-15)16(12-19)20-10-8-14(9-11-20)17(21)22/h4-7,14,16H,8-11H2,1-3H3,(H,21,22). The highest BCUT2D eigenvalue weighted by Gasteiger charge is 2.29. The van der Waals surface area contributed by atoms with Crippen LogP contribution in [0.2, 0.25) is 0 Å². The normalized spacial score (nSPS) is 18.6. The van der Waals surface area contributed by atoms with Gasteiger partial charge in [0, 0.05) is 13.1 Å². The molecule has 0 aliphatic carbocycles. The van der Waals surface area contributed by atoms with E-state index >= 15 is 0 Å². The van der Waals surface area contributed by atoms with Crippen molar-refractivity contribution in [2.45, 2.75) is 45.1 Å². The molecule has 22 heavy (non-hydrogen) atoms. The van der Waals surface area contributed by atoms with Crippen LogP contribution in [0.3, 0.4) is 0 Å². The van der Waals surface area contributed by atoms with E-state index in [4.69, 9.17) is 5.11 Å². The van der Waals surface area contributed by atoms with Crippen LogP contribution in [0.4, 0.5) is 0 Å². The second-order valence-corrected chi connectivity index (χ2v) is 7.05. The summed E-state index contributed by atoms with van der Waals surface area (Å²) in [6.07, 6.45) is 1.24. The van der Waals surface area contributed by atoms with Gasteiger partial charge in [0.1, 0.15) is 6.04 Å². The molecule has 4 nitrogen and oxygen atoms in total. The molecule has 1 saturated heterocycles. The molecule has 0 spiro atoms. The predicted octanol–water partition coefficient (Wildman–Crippen LogP) is 3.35.